The van der Waals surface area contributed by atoms with Crippen LogP contribution in [0.25, 0.3) is 0 Å². The molecule has 0 radical (unpaired) electrons. The molecule has 3 amide bonds. The van der Waals surface area contributed by atoms with Crippen LogP contribution in [0, 0.1) is 6.92 Å². The van der Waals surface area contributed by atoms with Crippen molar-refractivity contribution in [2.75, 3.05) is 5.32 Å². The molecule has 3 aromatic carbocycles. The summed E-state index contributed by atoms with van der Waals surface area (Å²) in [5.74, 6) is -0.229. The molecule has 0 aromatic heterocycles. The van der Waals surface area contributed by atoms with E-state index in [1.54, 1.807) is 43.3 Å². The fraction of sp³-hybridized carbons (Fsp3) is 0.222. The Hall–Kier alpha value is -4.13. The Kier molecular flexibility index (Phi) is 8.03. The van der Waals surface area contributed by atoms with E-state index in [0.717, 1.165) is 5.56 Å². The molecular weight excluding hydrogens is 430 g/mol. The molecule has 3 N–H and O–H groups in total. The van der Waals surface area contributed by atoms with Gasteiger partial charge in [-0.15, -0.1) is 0 Å². The number of benzene rings is 3. The summed E-state index contributed by atoms with van der Waals surface area (Å²) in [6.07, 6.45) is -0.801. The fourth-order valence-electron chi connectivity index (χ4n) is 3.18. The smallest absolute Gasteiger partial charge is 0.279 e. The van der Waals surface area contributed by atoms with Crippen molar-refractivity contribution in [1.29, 1.82) is 0 Å². The Morgan fingerprint density at radius 1 is 0.765 bits per heavy atom. The van der Waals surface area contributed by atoms with E-state index in [4.69, 9.17) is 4.74 Å². The monoisotopic (exact) mass is 459 g/mol. The molecule has 0 saturated heterocycles. The molecule has 0 bridgehead atoms. The molecule has 0 aliphatic carbocycles. The van der Waals surface area contributed by atoms with Gasteiger partial charge in [-0.3, -0.25) is 25.2 Å². The van der Waals surface area contributed by atoms with Crippen LogP contribution in [0.1, 0.15) is 58.5 Å². The first-order valence-corrected chi connectivity index (χ1v) is 11.1. The average Bonchev–Trinajstić information content (AvgIpc) is 2.83. The third kappa shape index (κ3) is 6.68. The van der Waals surface area contributed by atoms with Gasteiger partial charge in [0.2, 0.25) is 0 Å². The number of hydrogen-bond donors (Lipinski definition) is 3. The largest absolute Gasteiger partial charge is 0.481 e. The molecule has 7 nitrogen and oxygen atoms in total. The van der Waals surface area contributed by atoms with Crippen molar-refractivity contribution in [3.63, 3.8) is 0 Å². The standard InChI is InChI=1S/C27H29N3O4/c1-17(2)20-10-14-24(15-11-20)34-19(4)25(31)29-30-27(33)21-8-12-23(13-9-21)28-26(32)22-7-5-6-18(3)16-22/h5-17,19H,1-4H3,(H,28,32)(H,29,31)(H,30,33). The number of hydrazine groups is 1. The maximum atomic E-state index is 12.4. The van der Waals surface area contributed by atoms with Crippen molar-refractivity contribution in [3.05, 3.63) is 95.1 Å². The second-order valence-electron chi connectivity index (χ2n) is 8.33. The highest BCUT2D eigenvalue weighted by Crippen LogP contribution is 2.19. The van der Waals surface area contributed by atoms with Gasteiger partial charge < -0.3 is 10.1 Å². The Morgan fingerprint density at radius 2 is 1.44 bits per heavy atom. The maximum absolute atomic E-state index is 12.4. The number of carbonyl (C=O) groups is 3. The van der Waals surface area contributed by atoms with Crippen LogP contribution in [0.2, 0.25) is 0 Å². The van der Waals surface area contributed by atoms with Gasteiger partial charge in [0.1, 0.15) is 5.75 Å². The minimum Gasteiger partial charge on any atom is -0.481 e. The van der Waals surface area contributed by atoms with Crippen molar-refractivity contribution in [2.24, 2.45) is 0 Å². The van der Waals surface area contributed by atoms with Gasteiger partial charge in [0.05, 0.1) is 0 Å². The second kappa shape index (κ2) is 11.1. The molecule has 0 heterocycles. The van der Waals surface area contributed by atoms with Gasteiger partial charge in [0.15, 0.2) is 6.10 Å². The lowest BCUT2D eigenvalue weighted by molar-refractivity contribution is -0.128. The van der Waals surface area contributed by atoms with E-state index in [9.17, 15) is 14.4 Å². The molecule has 1 atom stereocenters. The summed E-state index contributed by atoms with van der Waals surface area (Å²) in [6, 6.07) is 21.2. The Balaban J connectivity index is 1.49. The number of hydrogen-bond acceptors (Lipinski definition) is 4. The number of carbonyl (C=O) groups excluding carboxylic acids is 3. The first-order valence-electron chi connectivity index (χ1n) is 11.1. The highest BCUT2D eigenvalue weighted by Gasteiger charge is 2.16. The number of rotatable bonds is 7. The van der Waals surface area contributed by atoms with E-state index >= 15 is 0 Å². The molecule has 176 valence electrons. The molecule has 0 saturated carbocycles. The maximum Gasteiger partial charge on any atom is 0.279 e. The molecule has 3 aromatic rings. The highest BCUT2D eigenvalue weighted by atomic mass is 16.5. The van der Waals surface area contributed by atoms with Crippen molar-refractivity contribution >= 4 is 23.4 Å². The van der Waals surface area contributed by atoms with Crippen LogP contribution in [0.15, 0.2) is 72.8 Å². The van der Waals surface area contributed by atoms with Gasteiger partial charge in [0.25, 0.3) is 17.7 Å². The minimum absolute atomic E-state index is 0.235. The average molecular weight is 460 g/mol. The van der Waals surface area contributed by atoms with Gasteiger partial charge >= 0.3 is 0 Å². The molecule has 34 heavy (non-hydrogen) atoms. The third-order valence-corrected chi connectivity index (χ3v) is 5.21. The Morgan fingerprint density at radius 3 is 2.06 bits per heavy atom. The highest BCUT2D eigenvalue weighted by molar-refractivity contribution is 6.04. The van der Waals surface area contributed by atoms with E-state index in [-0.39, 0.29) is 5.91 Å². The molecular formula is C27H29N3O4. The molecule has 1 unspecified atom stereocenters. The van der Waals surface area contributed by atoms with Crippen LogP contribution in [0.5, 0.6) is 5.75 Å². The first-order chi connectivity index (χ1) is 16.2. The number of ether oxygens (including phenoxy) is 1. The minimum atomic E-state index is -0.801. The predicted octanol–water partition coefficient (Wildman–Crippen LogP) is 4.60. The van der Waals surface area contributed by atoms with Crippen LogP contribution >= 0.6 is 0 Å². The lowest BCUT2D eigenvalue weighted by Crippen LogP contribution is -2.47. The van der Waals surface area contributed by atoms with E-state index in [2.05, 4.69) is 30.0 Å². The number of aryl methyl sites for hydroxylation is 1. The molecule has 0 fully saturated rings. The van der Waals surface area contributed by atoms with Crippen LogP contribution in [0.3, 0.4) is 0 Å². The van der Waals surface area contributed by atoms with Crippen LogP contribution < -0.4 is 20.9 Å². The summed E-state index contributed by atoms with van der Waals surface area (Å²) in [4.78, 5) is 37.0. The van der Waals surface area contributed by atoms with Crippen molar-refractivity contribution in [2.45, 2.75) is 39.7 Å². The fourth-order valence-corrected chi connectivity index (χ4v) is 3.18. The molecule has 0 spiro atoms. The number of nitrogens with one attached hydrogen (secondary N) is 3. The van der Waals surface area contributed by atoms with Gasteiger partial charge in [-0.1, -0.05) is 43.7 Å². The molecule has 0 aliphatic heterocycles. The predicted molar refractivity (Wildman–Crippen MR) is 132 cm³/mol. The Bertz CT molecular complexity index is 1160. The summed E-state index contributed by atoms with van der Waals surface area (Å²) in [5.41, 5.74) is 8.35. The molecule has 7 heteroatoms. The van der Waals surface area contributed by atoms with Crippen LogP contribution in [-0.2, 0) is 4.79 Å². The zero-order valence-corrected chi connectivity index (χ0v) is 19.7. The van der Waals surface area contributed by atoms with Crippen LogP contribution in [-0.4, -0.2) is 23.8 Å². The van der Waals surface area contributed by atoms with Gasteiger partial charge in [-0.05, 0) is 73.9 Å². The first kappa shape index (κ1) is 24.5. The van der Waals surface area contributed by atoms with E-state index in [1.807, 2.05) is 43.3 Å². The lowest BCUT2D eigenvalue weighted by atomic mass is 10.0. The van der Waals surface area contributed by atoms with Crippen molar-refractivity contribution in [3.8, 4) is 5.75 Å². The second-order valence-corrected chi connectivity index (χ2v) is 8.33. The normalized spacial score (nSPS) is 11.4. The van der Waals surface area contributed by atoms with Gasteiger partial charge in [-0.2, -0.15) is 0 Å². The van der Waals surface area contributed by atoms with Crippen molar-refractivity contribution < 1.29 is 19.1 Å². The molecule has 0 aliphatic rings. The summed E-state index contributed by atoms with van der Waals surface area (Å²) in [6.45, 7) is 7.72. The molecule has 3 rings (SSSR count). The summed E-state index contributed by atoms with van der Waals surface area (Å²) < 4.78 is 5.64. The zero-order chi connectivity index (χ0) is 24.7. The van der Waals surface area contributed by atoms with Gasteiger partial charge in [-0.25, -0.2) is 0 Å². The quantitative estimate of drug-likeness (QED) is 0.450. The third-order valence-electron chi connectivity index (χ3n) is 5.21. The number of anilines is 1. The van der Waals surface area contributed by atoms with Crippen LogP contribution in [0.4, 0.5) is 5.69 Å². The topological polar surface area (TPSA) is 96.5 Å². The van der Waals surface area contributed by atoms with Gasteiger partial charge in [0, 0.05) is 16.8 Å². The SMILES string of the molecule is Cc1cccc(C(=O)Nc2ccc(C(=O)NNC(=O)C(C)Oc3ccc(C(C)C)cc3)cc2)c1. The van der Waals surface area contributed by atoms with E-state index in [1.165, 1.54) is 5.56 Å². The lowest BCUT2D eigenvalue weighted by Gasteiger charge is -2.16. The Labute approximate surface area is 199 Å². The summed E-state index contributed by atoms with van der Waals surface area (Å²) in [7, 11) is 0. The number of amides is 3. The van der Waals surface area contributed by atoms with Crippen molar-refractivity contribution in [1.82, 2.24) is 10.9 Å². The van der Waals surface area contributed by atoms with E-state index < -0.39 is 17.9 Å². The zero-order valence-electron chi connectivity index (χ0n) is 19.7. The van der Waals surface area contributed by atoms with E-state index in [0.29, 0.717) is 28.5 Å². The summed E-state index contributed by atoms with van der Waals surface area (Å²) in [5, 5.41) is 2.79. The summed E-state index contributed by atoms with van der Waals surface area (Å²) >= 11 is 0.